The lowest BCUT2D eigenvalue weighted by atomic mass is 10.0. The van der Waals surface area contributed by atoms with Gasteiger partial charge < -0.3 is 9.30 Å². The highest BCUT2D eigenvalue weighted by Crippen LogP contribution is 2.32. The summed E-state index contributed by atoms with van der Waals surface area (Å²) < 4.78 is 7.57. The molecule has 0 bridgehead atoms. The Labute approximate surface area is 131 Å². The molecule has 116 valence electrons. The number of hydrogen-bond donors (Lipinski definition) is 0. The molecule has 0 N–H and O–H groups in total. The normalized spacial score (nSPS) is 17.4. The van der Waals surface area contributed by atoms with Crippen LogP contribution >= 0.6 is 0 Å². The van der Waals surface area contributed by atoms with Crippen LogP contribution in [0.15, 0.2) is 36.5 Å². The van der Waals surface area contributed by atoms with Crippen molar-refractivity contribution in [2.24, 2.45) is 7.05 Å². The second kappa shape index (κ2) is 4.90. The molecule has 1 amide bonds. The molecule has 1 saturated heterocycles. The van der Waals surface area contributed by atoms with E-state index in [1.54, 1.807) is 4.90 Å². The van der Waals surface area contributed by atoms with Crippen LogP contribution in [0.4, 0.5) is 4.79 Å². The minimum atomic E-state index is -0.606. The van der Waals surface area contributed by atoms with Gasteiger partial charge in [0.05, 0.1) is 5.70 Å². The Bertz CT molecular complexity index is 771. The topological polar surface area (TPSA) is 34.5 Å². The van der Waals surface area contributed by atoms with E-state index in [-0.39, 0.29) is 6.09 Å². The monoisotopic (exact) mass is 298 g/mol. The predicted molar refractivity (Wildman–Crippen MR) is 87.8 cm³/mol. The largest absolute Gasteiger partial charge is 0.437 e. The Morgan fingerprint density at radius 1 is 1.27 bits per heavy atom. The zero-order chi connectivity index (χ0) is 16.1. The highest BCUT2D eigenvalue weighted by atomic mass is 16.6. The molecule has 3 rings (SSSR count). The third kappa shape index (κ3) is 2.10. The van der Waals surface area contributed by atoms with Crippen molar-refractivity contribution in [1.82, 2.24) is 9.47 Å². The lowest BCUT2D eigenvalue weighted by molar-refractivity contribution is 0.0936. The van der Waals surface area contributed by atoms with Gasteiger partial charge in [0.2, 0.25) is 0 Å². The number of hydrogen-bond acceptors (Lipinski definition) is 2. The average molecular weight is 298 g/mol. The van der Waals surface area contributed by atoms with Crippen molar-refractivity contribution >= 4 is 17.0 Å². The van der Waals surface area contributed by atoms with Crippen LogP contribution in [0, 0.1) is 6.92 Å². The number of nitrogens with zero attached hydrogens (tertiary/aromatic N) is 2. The first kappa shape index (κ1) is 14.7. The summed E-state index contributed by atoms with van der Waals surface area (Å²) in [5.74, 6) is 0. The van der Waals surface area contributed by atoms with Crippen LogP contribution in [0.5, 0.6) is 0 Å². The Morgan fingerprint density at radius 2 is 1.95 bits per heavy atom. The Hall–Kier alpha value is -2.23. The molecule has 0 spiro atoms. The van der Waals surface area contributed by atoms with Crippen LogP contribution in [0.25, 0.3) is 10.9 Å². The fraction of sp³-hybridized carbons (Fsp3) is 0.389. The number of aromatic nitrogens is 1. The minimum absolute atomic E-state index is 0.298. The number of rotatable bonds is 3. The van der Waals surface area contributed by atoms with Gasteiger partial charge in [-0.15, -0.1) is 0 Å². The molecule has 2 aromatic rings. The van der Waals surface area contributed by atoms with E-state index in [1.807, 2.05) is 19.9 Å². The number of ether oxygens (including phenoxy) is 1. The van der Waals surface area contributed by atoms with Crippen LogP contribution in [0.2, 0.25) is 0 Å². The standard InChI is InChI=1S/C18H22N2O2/c1-12-14(15-8-6-7-9-16(15)19(12)5)10-11-20-13(2)18(3,4)22-17(20)21/h6-9H,2,10-11H2,1,3-5H3. The number of amides is 1. The van der Waals surface area contributed by atoms with Crippen molar-refractivity contribution in [3.63, 3.8) is 0 Å². The summed E-state index contributed by atoms with van der Waals surface area (Å²) in [6, 6.07) is 8.36. The average Bonchev–Trinajstić information content (AvgIpc) is 2.82. The summed E-state index contributed by atoms with van der Waals surface area (Å²) in [5.41, 5.74) is 3.86. The Kier molecular flexibility index (Phi) is 3.28. The summed E-state index contributed by atoms with van der Waals surface area (Å²) >= 11 is 0. The van der Waals surface area contributed by atoms with E-state index in [0.717, 1.165) is 12.1 Å². The summed E-state index contributed by atoms with van der Waals surface area (Å²) in [6.07, 6.45) is 0.491. The Balaban J connectivity index is 1.88. The van der Waals surface area contributed by atoms with Crippen molar-refractivity contribution in [1.29, 1.82) is 0 Å². The summed E-state index contributed by atoms with van der Waals surface area (Å²) in [7, 11) is 2.08. The fourth-order valence-corrected chi connectivity index (χ4v) is 3.13. The molecule has 0 atom stereocenters. The maximum Gasteiger partial charge on any atom is 0.415 e. The molecule has 1 aromatic heterocycles. The molecule has 1 fully saturated rings. The minimum Gasteiger partial charge on any atom is -0.437 e. The van der Waals surface area contributed by atoms with Crippen LogP contribution in [0.1, 0.15) is 25.1 Å². The van der Waals surface area contributed by atoms with E-state index < -0.39 is 5.60 Å². The molecular formula is C18H22N2O2. The summed E-state index contributed by atoms with van der Waals surface area (Å²) in [5, 5.41) is 1.25. The number of carbonyl (C=O) groups excluding carboxylic acids is 1. The molecule has 4 nitrogen and oxygen atoms in total. The van der Waals surface area contributed by atoms with Crippen molar-refractivity contribution in [3.8, 4) is 0 Å². The molecule has 0 unspecified atom stereocenters. The van der Waals surface area contributed by atoms with Gasteiger partial charge in [-0.3, -0.25) is 4.90 Å². The number of fused-ring (bicyclic) bond motifs is 1. The van der Waals surface area contributed by atoms with Gasteiger partial charge in [0, 0.05) is 30.2 Å². The summed E-state index contributed by atoms with van der Waals surface area (Å²) in [4.78, 5) is 13.7. The molecule has 1 aliphatic rings. The molecule has 0 aliphatic carbocycles. The number of cyclic esters (lactones) is 1. The molecule has 22 heavy (non-hydrogen) atoms. The van der Waals surface area contributed by atoms with Crippen molar-refractivity contribution in [2.45, 2.75) is 32.8 Å². The molecule has 0 radical (unpaired) electrons. The second-order valence-corrected chi connectivity index (χ2v) is 6.37. The molecule has 0 saturated carbocycles. The predicted octanol–water partition coefficient (Wildman–Crippen LogP) is 3.77. The van der Waals surface area contributed by atoms with Crippen molar-refractivity contribution in [3.05, 3.63) is 47.8 Å². The quantitative estimate of drug-likeness (QED) is 0.864. The van der Waals surface area contributed by atoms with Gasteiger partial charge in [-0.2, -0.15) is 0 Å². The second-order valence-electron chi connectivity index (χ2n) is 6.37. The van der Waals surface area contributed by atoms with E-state index in [9.17, 15) is 4.79 Å². The van der Waals surface area contributed by atoms with Crippen LogP contribution in [-0.2, 0) is 18.2 Å². The number of carbonyl (C=O) groups is 1. The third-order valence-electron chi connectivity index (χ3n) is 4.70. The summed E-state index contributed by atoms with van der Waals surface area (Å²) in [6.45, 7) is 10.5. The third-order valence-corrected chi connectivity index (χ3v) is 4.70. The number of benzene rings is 1. The van der Waals surface area contributed by atoms with Gasteiger partial charge in [0.25, 0.3) is 0 Å². The van der Waals surface area contributed by atoms with Gasteiger partial charge in [-0.05, 0) is 38.8 Å². The van der Waals surface area contributed by atoms with Gasteiger partial charge >= 0.3 is 6.09 Å². The van der Waals surface area contributed by atoms with Gasteiger partial charge in [0.15, 0.2) is 0 Å². The maximum absolute atomic E-state index is 12.0. The van der Waals surface area contributed by atoms with Crippen LogP contribution in [0.3, 0.4) is 0 Å². The number of aryl methyl sites for hydroxylation is 1. The van der Waals surface area contributed by atoms with Crippen LogP contribution < -0.4 is 0 Å². The zero-order valence-corrected chi connectivity index (χ0v) is 13.6. The van der Waals surface area contributed by atoms with Gasteiger partial charge in [-0.25, -0.2) is 4.79 Å². The molecule has 1 aliphatic heterocycles. The molecule has 4 heteroatoms. The smallest absolute Gasteiger partial charge is 0.415 e. The SMILES string of the molecule is C=C1N(CCc2c(C)n(C)c3ccccc23)C(=O)OC1(C)C. The first-order valence-electron chi connectivity index (χ1n) is 7.55. The van der Waals surface area contributed by atoms with E-state index in [0.29, 0.717) is 6.54 Å². The highest BCUT2D eigenvalue weighted by molar-refractivity contribution is 5.85. The lowest BCUT2D eigenvalue weighted by Gasteiger charge is -2.19. The highest BCUT2D eigenvalue weighted by Gasteiger charge is 2.41. The lowest BCUT2D eigenvalue weighted by Crippen LogP contribution is -2.27. The Morgan fingerprint density at radius 3 is 2.59 bits per heavy atom. The van der Waals surface area contributed by atoms with Gasteiger partial charge in [-0.1, -0.05) is 24.8 Å². The van der Waals surface area contributed by atoms with E-state index in [4.69, 9.17) is 4.74 Å². The van der Waals surface area contributed by atoms with Crippen molar-refractivity contribution in [2.75, 3.05) is 6.54 Å². The van der Waals surface area contributed by atoms with E-state index >= 15 is 0 Å². The first-order chi connectivity index (χ1) is 10.3. The fourth-order valence-electron chi connectivity index (χ4n) is 3.13. The molecule has 2 heterocycles. The first-order valence-corrected chi connectivity index (χ1v) is 7.55. The zero-order valence-electron chi connectivity index (χ0n) is 13.6. The maximum atomic E-state index is 12.0. The van der Waals surface area contributed by atoms with E-state index in [1.165, 1.54) is 22.2 Å². The number of para-hydroxylation sites is 1. The molecule has 1 aromatic carbocycles. The van der Waals surface area contributed by atoms with E-state index in [2.05, 4.69) is 43.3 Å². The molecular weight excluding hydrogens is 276 g/mol. The van der Waals surface area contributed by atoms with Crippen molar-refractivity contribution < 1.29 is 9.53 Å². The van der Waals surface area contributed by atoms with Gasteiger partial charge in [0.1, 0.15) is 5.60 Å². The van der Waals surface area contributed by atoms with Crippen LogP contribution in [-0.4, -0.2) is 27.7 Å².